The SMILES string of the molecule is CC(c1nc2ccccc2s1)N(C)C(=O)CN1C(=O)NC(C)(c2cccc(-n3cnnn3)c2)C1=O. The summed E-state index contributed by atoms with van der Waals surface area (Å²) in [5.41, 5.74) is 0.720. The molecule has 1 saturated heterocycles. The van der Waals surface area contributed by atoms with Gasteiger partial charge in [-0.2, -0.15) is 0 Å². The summed E-state index contributed by atoms with van der Waals surface area (Å²) in [5, 5.41) is 14.6. The van der Waals surface area contributed by atoms with Gasteiger partial charge in [-0.25, -0.2) is 14.5 Å². The first-order valence-electron chi connectivity index (χ1n) is 10.9. The summed E-state index contributed by atoms with van der Waals surface area (Å²) in [7, 11) is 1.65. The van der Waals surface area contributed by atoms with Crippen LogP contribution in [0.1, 0.15) is 30.5 Å². The molecule has 2 unspecified atom stereocenters. The minimum atomic E-state index is -1.33. The van der Waals surface area contributed by atoms with Crippen LogP contribution in [0.2, 0.25) is 0 Å². The number of urea groups is 1. The Balaban J connectivity index is 1.33. The second-order valence-corrected chi connectivity index (χ2v) is 9.51. The maximum absolute atomic E-state index is 13.4. The van der Waals surface area contributed by atoms with Crippen LogP contribution in [-0.4, -0.2) is 66.4 Å². The average Bonchev–Trinajstić information content (AvgIpc) is 3.59. The molecule has 2 aromatic carbocycles. The number of thiazole rings is 1. The Morgan fingerprint density at radius 3 is 2.74 bits per heavy atom. The molecule has 3 heterocycles. The number of benzene rings is 2. The summed E-state index contributed by atoms with van der Waals surface area (Å²) in [5.74, 6) is -0.877. The molecule has 1 aliphatic heterocycles. The third kappa shape index (κ3) is 3.91. The second kappa shape index (κ2) is 8.55. The number of nitrogens with zero attached hydrogens (tertiary/aromatic N) is 7. The van der Waals surface area contributed by atoms with E-state index in [-0.39, 0.29) is 18.5 Å². The molecule has 4 amide bonds. The maximum atomic E-state index is 13.4. The van der Waals surface area contributed by atoms with Crippen molar-refractivity contribution in [1.29, 1.82) is 0 Å². The second-order valence-electron chi connectivity index (χ2n) is 8.45. The molecule has 0 bridgehead atoms. The molecule has 1 fully saturated rings. The van der Waals surface area contributed by atoms with Gasteiger partial charge in [-0.1, -0.05) is 24.3 Å². The Hall–Kier alpha value is -4.19. The van der Waals surface area contributed by atoms with Crippen LogP contribution in [-0.2, 0) is 15.1 Å². The molecular formula is C23H22N8O3S. The van der Waals surface area contributed by atoms with Gasteiger partial charge in [-0.05, 0) is 54.1 Å². The number of tetrazole rings is 1. The Morgan fingerprint density at radius 1 is 1.20 bits per heavy atom. The zero-order chi connectivity index (χ0) is 24.7. The lowest BCUT2D eigenvalue weighted by Crippen LogP contribution is -2.44. The average molecular weight is 491 g/mol. The van der Waals surface area contributed by atoms with E-state index in [0.717, 1.165) is 20.1 Å². The van der Waals surface area contributed by atoms with E-state index < -0.39 is 17.5 Å². The van der Waals surface area contributed by atoms with Crippen LogP contribution in [0, 0.1) is 0 Å². The smallest absolute Gasteiger partial charge is 0.325 e. The lowest BCUT2D eigenvalue weighted by atomic mass is 9.91. The van der Waals surface area contributed by atoms with Gasteiger partial charge in [0.1, 0.15) is 23.4 Å². The van der Waals surface area contributed by atoms with Crippen molar-refractivity contribution < 1.29 is 14.4 Å². The van der Waals surface area contributed by atoms with Gasteiger partial charge in [-0.3, -0.25) is 14.5 Å². The highest BCUT2D eigenvalue weighted by molar-refractivity contribution is 7.18. The summed E-state index contributed by atoms with van der Waals surface area (Å²) in [6.45, 7) is 3.11. The van der Waals surface area contributed by atoms with Crippen LogP contribution in [0.5, 0.6) is 0 Å². The molecule has 35 heavy (non-hydrogen) atoms. The first kappa shape index (κ1) is 22.6. The number of nitrogens with one attached hydrogen (secondary N) is 1. The van der Waals surface area contributed by atoms with Gasteiger partial charge < -0.3 is 10.2 Å². The third-order valence-corrected chi connectivity index (χ3v) is 7.45. The minimum absolute atomic E-state index is 0.319. The van der Waals surface area contributed by atoms with Crippen LogP contribution >= 0.6 is 11.3 Å². The molecule has 12 heteroatoms. The molecule has 2 aromatic heterocycles. The van der Waals surface area contributed by atoms with Crippen LogP contribution in [0.25, 0.3) is 15.9 Å². The number of imide groups is 1. The van der Waals surface area contributed by atoms with Gasteiger partial charge in [0.25, 0.3) is 5.91 Å². The van der Waals surface area contributed by atoms with E-state index in [1.165, 1.54) is 27.2 Å². The molecule has 11 nitrogen and oxygen atoms in total. The van der Waals surface area contributed by atoms with Crippen molar-refractivity contribution >= 4 is 39.4 Å². The monoisotopic (exact) mass is 490 g/mol. The third-order valence-electron chi connectivity index (χ3n) is 6.25. The highest BCUT2D eigenvalue weighted by Gasteiger charge is 2.50. The number of rotatable bonds is 6. The number of hydrogen-bond donors (Lipinski definition) is 1. The molecule has 0 radical (unpaired) electrons. The molecule has 2 atom stereocenters. The minimum Gasteiger partial charge on any atom is -0.335 e. The normalized spacial score (nSPS) is 18.7. The van der Waals surface area contributed by atoms with Crippen molar-refractivity contribution in [1.82, 2.24) is 40.3 Å². The Kier molecular flexibility index (Phi) is 5.52. The number of aromatic nitrogens is 5. The van der Waals surface area contributed by atoms with E-state index in [0.29, 0.717) is 11.3 Å². The molecule has 1 aliphatic rings. The lowest BCUT2D eigenvalue weighted by molar-refractivity contribution is -0.139. The Morgan fingerprint density at radius 2 is 2.00 bits per heavy atom. The van der Waals surface area contributed by atoms with E-state index >= 15 is 0 Å². The lowest BCUT2D eigenvalue weighted by Gasteiger charge is -2.26. The summed E-state index contributed by atoms with van der Waals surface area (Å²) in [4.78, 5) is 46.3. The quantitative estimate of drug-likeness (QED) is 0.411. The molecule has 1 N–H and O–H groups in total. The number of likely N-dealkylation sites (N-methyl/N-ethyl adjacent to an activating group) is 1. The molecule has 0 aliphatic carbocycles. The van der Waals surface area contributed by atoms with E-state index in [9.17, 15) is 14.4 Å². The van der Waals surface area contributed by atoms with Gasteiger partial charge in [0.05, 0.1) is 21.9 Å². The zero-order valence-corrected chi connectivity index (χ0v) is 20.1. The fraction of sp³-hybridized carbons (Fsp3) is 0.261. The number of carbonyl (C=O) groups excluding carboxylic acids is 3. The number of hydrogen-bond acceptors (Lipinski definition) is 8. The van der Waals surface area contributed by atoms with Gasteiger partial charge in [0.15, 0.2) is 0 Å². The first-order valence-corrected chi connectivity index (χ1v) is 11.7. The molecule has 0 spiro atoms. The van der Waals surface area contributed by atoms with Crippen molar-refractivity contribution in [2.45, 2.75) is 25.4 Å². The van der Waals surface area contributed by atoms with Crippen molar-refractivity contribution in [3.05, 3.63) is 65.4 Å². The van der Waals surface area contributed by atoms with Crippen molar-refractivity contribution in [3.63, 3.8) is 0 Å². The van der Waals surface area contributed by atoms with E-state index in [4.69, 9.17) is 0 Å². The summed E-state index contributed by atoms with van der Waals surface area (Å²) in [6.07, 6.45) is 1.43. The number of carbonyl (C=O) groups is 3. The summed E-state index contributed by atoms with van der Waals surface area (Å²) >= 11 is 1.51. The van der Waals surface area contributed by atoms with Crippen LogP contribution in [0.15, 0.2) is 54.9 Å². The maximum Gasteiger partial charge on any atom is 0.325 e. The Labute approximate surface area is 204 Å². The van der Waals surface area contributed by atoms with Crippen molar-refractivity contribution in [2.75, 3.05) is 13.6 Å². The topological polar surface area (TPSA) is 126 Å². The van der Waals surface area contributed by atoms with E-state index in [1.54, 1.807) is 38.2 Å². The summed E-state index contributed by atoms with van der Waals surface area (Å²) in [6, 6.07) is 13.8. The highest BCUT2D eigenvalue weighted by atomic mass is 32.1. The molecule has 4 aromatic rings. The van der Waals surface area contributed by atoms with Gasteiger partial charge in [0.2, 0.25) is 5.91 Å². The highest BCUT2D eigenvalue weighted by Crippen LogP contribution is 2.31. The summed E-state index contributed by atoms with van der Waals surface area (Å²) < 4.78 is 2.48. The largest absolute Gasteiger partial charge is 0.335 e. The molecule has 178 valence electrons. The predicted octanol–water partition coefficient (Wildman–Crippen LogP) is 2.26. The van der Waals surface area contributed by atoms with Crippen LogP contribution in [0.4, 0.5) is 4.79 Å². The van der Waals surface area contributed by atoms with Crippen molar-refractivity contribution in [3.8, 4) is 5.69 Å². The fourth-order valence-electron chi connectivity index (χ4n) is 3.97. The predicted molar refractivity (Wildman–Crippen MR) is 128 cm³/mol. The molecule has 0 saturated carbocycles. The van der Waals surface area contributed by atoms with Crippen molar-refractivity contribution in [2.24, 2.45) is 0 Å². The molecule has 5 rings (SSSR count). The van der Waals surface area contributed by atoms with Gasteiger partial charge in [-0.15, -0.1) is 16.4 Å². The van der Waals surface area contributed by atoms with E-state index in [2.05, 4.69) is 25.8 Å². The number of para-hydroxylation sites is 1. The first-order chi connectivity index (χ1) is 16.8. The van der Waals surface area contributed by atoms with Gasteiger partial charge >= 0.3 is 6.03 Å². The van der Waals surface area contributed by atoms with Crippen LogP contribution < -0.4 is 5.32 Å². The van der Waals surface area contributed by atoms with Gasteiger partial charge in [0, 0.05) is 7.05 Å². The number of fused-ring (bicyclic) bond motifs is 1. The van der Waals surface area contributed by atoms with E-state index in [1.807, 2.05) is 31.2 Å². The molecular weight excluding hydrogens is 468 g/mol. The fourth-order valence-corrected chi connectivity index (χ4v) is 5.04. The Bertz CT molecular complexity index is 1400. The number of amides is 4. The zero-order valence-electron chi connectivity index (χ0n) is 19.2. The van der Waals surface area contributed by atoms with Crippen LogP contribution in [0.3, 0.4) is 0 Å². The standard InChI is InChI=1S/C23H22N8O3S/c1-14(20-25-17-9-4-5-10-18(17)35-20)29(3)19(32)12-30-21(33)23(2,26-22(30)34)15-7-6-8-16(11-15)31-13-24-27-28-31/h4-11,13-14H,12H2,1-3H3,(H,26,34).